The Morgan fingerprint density at radius 2 is 1.86 bits per heavy atom. The number of rotatable bonds is 3. The molecule has 1 aromatic rings. The number of ether oxygens (including phenoxy) is 2. The second-order valence-electron chi connectivity index (χ2n) is 2.92. The number of benzene rings is 1. The largest absolute Gasteiger partial charge is 0.493 e. The zero-order chi connectivity index (χ0) is 10.7. The molecule has 14 heavy (non-hydrogen) atoms. The van der Waals surface area contributed by atoms with Crippen LogP contribution in [0.15, 0.2) is 12.1 Å². The summed E-state index contributed by atoms with van der Waals surface area (Å²) in [4.78, 5) is 0. The van der Waals surface area contributed by atoms with Crippen LogP contribution in [0.5, 0.6) is 11.5 Å². The number of alkyl halides is 2. The minimum Gasteiger partial charge on any atom is -0.493 e. The molecule has 4 heteroatoms. The molecule has 0 amide bonds. The van der Waals surface area contributed by atoms with E-state index in [0.29, 0.717) is 5.75 Å². The molecule has 0 atom stereocenters. The number of aryl methyl sites for hydroxylation is 1. The van der Waals surface area contributed by atoms with Gasteiger partial charge in [0.1, 0.15) is 0 Å². The maximum Gasteiger partial charge on any atom is 0.387 e. The SMILES string of the molecule is COc1c(OC(F)F)ccc(C)c1C. The fourth-order valence-corrected chi connectivity index (χ4v) is 1.21. The van der Waals surface area contributed by atoms with Crippen molar-refractivity contribution in [3.63, 3.8) is 0 Å². The summed E-state index contributed by atoms with van der Waals surface area (Å²) < 4.78 is 33.3. The Labute approximate surface area is 81.4 Å². The van der Waals surface area contributed by atoms with Crippen LogP contribution in [-0.2, 0) is 0 Å². The number of methoxy groups -OCH3 is 1. The first-order valence-corrected chi connectivity index (χ1v) is 4.15. The molecular weight excluding hydrogens is 190 g/mol. The fourth-order valence-electron chi connectivity index (χ4n) is 1.21. The quantitative estimate of drug-likeness (QED) is 0.750. The lowest BCUT2D eigenvalue weighted by Gasteiger charge is -2.13. The Kier molecular flexibility index (Phi) is 3.28. The summed E-state index contributed by atoms with van der Waals surface area (Å²) in [6, 6.07) is 3.20. The minimum atomic E-state index is -2.83. The molecule has 0 aromatic heterocycles. The number of hydrogen-bond acceptors (Lipinski definition) is 2. The first-order chi connectivity index (χ1) is 6.56. The van der Waals surface area contributed by atoms with Gasteiger partial charge in [-0.1, -0.05) is 6.07 Å². The van der Waals surface area contributed by atoms with Crippen molar-refractivity contribution in [1.29, 1.82) is 0 Å². The summed E-state index contributed by atoms with van der Waals surface area (Å²) in [6.07, 6.45) is 0. The second kappa shape index (κ2) is 4.26. The van der Waals surface area contributed by atoms with Gasteiger partial charge in [-0.15, -0.1) is 0 Å². The first-order valence-electron chi connectivity index (χ1n) is 4.15. The monoisotopic (exact) mass is 202 g/mol. The van der Waals surface area contributed by atoms with Gasteiger partial charge in [0.15, 0.2) is 11.5 Å². The Morgan fingerprint density at radius 1 is 1.21 bits per heavy atom. The average molecular weight is 202 g/mol. The molecular formula is C10H12F2O2. The highest BCUT2D eigenvalue weighted by Crippen LogP contribution is 2.33. The molecule has 0 bridgehead atoms. The van der Waals surface area contributed by atoms with Gasteiger partial charge in [0.25, 0.3) is 0 Å². The standard InChI is InChI=1S/C10H12F2O2/c1-6-4-5-8(14-10(11)12)9(13-3)7(6)2/h4-5,10H,1-3H3. The van der Waals surface area contributed by atoms with Crippen LogP contribution in [0, 0.1) is 13.8 Å². The van der Waals surface area contributed by atoms with Crippen molar-refractivity contribution >= 4 is 0 Å². The van der Waals surface area contributed by atoms with Gasteiger partial charge in [-0.2, -0.15) is 8.78 Å². The molecule has 0 aliphatic rings. The molecule has 0 fully saturated rings. The minimum absolute atomic E-state index is 0.0746. The van der Waals surface area contributed by atoms with Gasteiger partial charge in [-0.05, 0) is 31.0 Å². The predicted molar refractivity (Wildman–Crippen MR) is 49.1 cm³/mol. The van der Waals surface area contributed by atoms with Crippen molar-refractivity contribution in [2.24, 2.45) is 0 Å². The topological polar surface area (TPSA) is 18.5 Å². The third-order valence-corrected chi connectivity index (χ3v) is 2.06. The molecule has 0 saturated carbocycles. The molecule has 2 nitrogen and oxygen atoms in total. The fraction of sp³-hybridized carbons (Fsp3) is 0.400. The molecule has 0 unspecified atom stereocenters. The lowest BCUT2D eigenvalue weighted by molar-refractivity contribution is -0.0512. The van der Waals surface area contributed by atoms with Crippen LogP contribution in [0.4, 0.5) is 8.78 Å². The lowest BCUT2D eigenvalue weighted by Crippen LogP contribution is -2.04. The highest BCUT2D eigenvalue weighted by atomic mass is 19.3. The summed E-state index contributed by atoms with van der Waals surface area (Å²) in [6.45, 7) is 0.849. The van der Waals surface area contributed by atoms with E-state index >= 15 is 0 Å². The van der Waals surface area contributed by atoms with Crippen molar-refractivity contribution in [2.75, 3.05) is 7.11 Å². The van der Waals surface area contributed by atoms with Gasteiger partial charge < -0.3 is 9.47 Å². The summed E-state index contributed by atoms with van der Waals surface area (Å²) in [5.74, 6) is 0.441. The summed E-state index contributed by atoms with van der Waals surface area (Å²) in [5, 5.41) is 0. The third-order valence-electron chi connectivity index (χ3n) is 2.06. The van der Waals surface area contributed by atoms with E-state index in [1.54, 1.807) is 13.0 Å². The molecule has 0 N–H and O–H groups in total. The van der Waals surface area contributed by atoms with E-state index in [1.807, 2.05) is 6.92 Å². The molecule has 78 valence electrons. The molecule has 1 aromatic carbocycles. The Bertz CT molecular complexity index is 324. The summed E-state index contributed by atoms with van der Waals surface area (Å²) in [7, 11) is 1.43. The van der Waals surface area contributed by atoms with E-state index < -0.39 is 6.61 Å². The van der Waals surface area contributed by atoms with Gasteiger partial charge in [-0.25, -0.2) is 0 Å². The molecule has 0 radical (unpaired) electrons. The number of hydrogen-bond donors (Lipinski definition) is 0. The van der Waals surface area contributed by atoms with E-state index in [1.165, 1.54) is 13.2 Å². The number of halogens is 2. The molecule has 0 aliphatic carbocycles. The maximum absolute atomic E-state index is 12.0. The van der Waals surface area contributed by atoms with Crippen molar-refractivity contribution in [3.8, 4) is 11.5 Å². The second-order valence-corrected chi connectivity index (χ2v) is 2.92. The molecule has 1 rings (SSSR count). The zero-order valence-corrected chi connectivity index (χ0v) is 8.30. The summed E-state index contributed by atoms with van der Waals surface area (Å²) >= 11 is 0. The van der Waals surface area contributed by atoms with E-state index in [-0.39, 0.29) is 5.75 Å². The van der Waals surface area contributed by atoms with Crippen LogP contribution in [0.3, 0.4) is 0 Å². The van der Waals surface area contributed by atoms with Crippen LogP contribution >= 0.6 is 0 Å². The third kappa shape index (κ3) is 2.13. The highest BCUT2D eigenvalue weighted by molar-refractivity contribution is 5.49. The lowest BCUT2D eigenvalue weighted by atomic mass is 10.1. The normalized spacial score (nSPS) is 10.4. The van der Waals surface area contributed by atoms with Gasteiger partial charge >= 0.3 is 6.61 Å². The van der Waals surface area contributed by atoms with Crippen LogP contribution < -0.4 is 9.47 Å². The van der Waals surface area contributed by atoms with E-state index in [0.717, 1.165) is 11.1 Å². The first kappa shape index (κ1) is 10.8. The predicted octanol–water partition coefficient (Wildman–Crippen LogP) is 2.91. The van der Waals surface area contributed by atoms with E-state index in [9.17, 15) is 8.78 Å². The van der Waals surface area contributed by atoms with Crippen LogP contribution in [-0.4, -0.2) is 13.7 Å². The van der Waals surface area contributed by atoms with Crippen molar-refractivity contribution in [2.45, 2.75) is 20.5 Å². The van der Waals surface area contributed by atoms with Gasteiger partial charge in [-0.3, -0.25) is 0 Å². The molecule has 0 spiro atoms. The Balaban J connectivity index is 3.10. The van der Waals surface area contributed by atoms with Gasteiger partial charge in [0.05, 0.1) is 7.11 Å². The van der Waals surface area contributed by atoms with E-state index in [2.05, 4.69) is 4.74 Å². The maximum atomic E-state index is 12.0. The van der Waals surface area contributed by atoms with Crippen molar-refractivity contribution in [3.05, 3.63) is 23.3 Å². The molecule has 0 heterocycles. The highest BCUT2D eigenvalue weighted by Gasteiger charge is 2.13. The summed E-state index contributed by atoms with van der Waals surface area (Å²) in [5.41, 5.74) is 1.79. The molecule has 0 aliphatic heterocycles. The van der Waals surface area contributed by atoms with Crippen LogP contribution in [0.2, 0.25) is 0 Å². The van der Waals surface area contributed by atoms with Crippen LogP contribution in [0.25, 0.3) is 0 Å². The van der Waals surface area contributed by atoms with Crippen molar-refractivity contribution in [1.82, 2.24) is 0 Å². The Hall–Kier alpha value is -1.32. The average Bonchev–Trinajstić information content (AvgIpc) is 2.11. The molecule has 0 saturated heterocycles. The Morgan fingerprint density at radius 3 is 2.36 bits per heavy atom. The smallest absolute Gasteiger partial charge is 0.387 e. The van der Waals surface area contributed by atoms with Gasteiger partial charge in [0.2, 0.25) is 0 Å². The zero-order valence-electron chi connectivity index (χ0n) is 8.30. The van der Waals surface area contributed by atoms with Gasteiger partial charge in [0, 0.05) is 0 Å². The van der Waals surface area contributed by atoms with Crippen molar-refractivity contribution < 1.29 is 18.3 Å². The van der Waals surface area contributed by atoms with E-state index in [4.69, 9.17) is 4.74 Å². The van der Waals surface area contributed by atoms with Crippen LogP contribution in [0.1, 0.15) is 11.1 Å².